The van der Waals surface area contributed by atoms with E-state index in [4.69, 9.17) is 11.6 Å². The standard InChI is InChI=1S/C28H32ClN5O2/c1-17-22(10-23(29)11-26(17)32-28(36)21-9-20(12-30)18(2)31-13-21)14-33-15-24-6-7-25(16-33)34(24)27(35)8-19-4-3-5-19/h9-11,13,19,24-25H,3-8,14-16H2,1-2H3,(H,32,36). The van der Waals surface area contributed by atoms with E-state index in [9.17, 15) is 14.9 Å². The number of hydrogen-bond acceptors (Lipinski definition) is 5. The van der Waals surface area contributed by atoms with Gasteiger partial charge in [-0.05, 0) is 74.8 Å². The summed E-state index contributed by atoms with van der Waals surface area (Å²) in [5, 5.41) is 12.8. The molecule has 3 fully saturated rings. The number of nitrogens with one attached hydrogen (secondary N) is 1. The Kier molecular flexibility index (Phi) is 7.00. The van der Waals surface area contributed by atoms with Gasteiger partial charge in [0, 0.05) is 55.0 Å². The Hall–Kier alpha value is -2.95. The maximum Gasteiger partial charge on any atom is 0.257 e. The first-order chi connectivity index (χ1) is 17.3. The third kappa shape index (κ3) is 4.98. The van der Waals surface area contributed by atoms with Crippen LogP contribution in [0.25, 0.3) is 0 Å². The third-order valence-corrected chi connectivity index (χ3v) is 8.34. The van der Waals surface area contributed by atoms with E-state index < -0.39 is 0 Å². The number of piperazine rings is 1. The lowest BCUT2D eigenvalue weighted by Gasteiger charge is -2.42. The van der Waals surface area contributed by atoms with Crippen LogP contribution < -0.4 is 5.32 Å². The van der Waals surface area contributed by atoms with Crippen LogP contribution in [-0.4, -0.2) is 51.8 Å². The van der Waals surface area contributed by atoms with Crippen LogP contribution in [0.1, 0.15) is 71.3 Å². The van der Waals surface area contributed by atoms with Crippen molar-refractivity contribution < 1.29 is 9.59 Å². The fourth-order valence-electron chi connectivity index (χ4n) is 5.81. The number of aryl methyl sites for hydroxylation is 1. The van der Waals surface area contributed by atoms with E-state index in [1.165, 1.54) is 25.5 Å². The molecule has 5 rings (SSSR count). The van der Waals surface area contributed by atoms with Crippen molar-refractivity contribution in [1.29, 1.82) is 5.26 Å². The van der Waals surface area contributed by atoms with E-state index >= 15 is 0 Å². The van der Waals surface area contributed by atoms with Crippen molar-refractivity contribution in [2.75, 3.05) is 18.4 Å². The van der Waals surface area contributed by atoms with Gasteiger partial charge in [-0.2, -0.15) is 5.26 Å². The summed E-state index contributed by atoms with van der Waals surface area (Å²) in [7, 11) is 0. The van der Waals surface area contributed by atoms with Crippen LogP contribution >= 0.6 is 11.6 Å². The third-order valence-electron chi connectivity index (χ3n) is 8.13. The van der Waals surface area contributed by atoms with Gasteiger partial charge in [0.25, 0.3) is 5.91 Å². The van der Waals surface area contributed by atoms with Gasteiger partial charge in [0.15, 0.2) is 0 Å². The van der Waals surface area contributed by atoms with Gasteiger partial charge in [-0.15, -0.1) is 0 Å². The highest BCUT2D eigenvalue weighted by molar-refractivity contribution is 6.31. The highest BCUT2D eigenvalue weighted by Gasteiger charge is 2.43. The second kappa shape index (κ2) is 10.2. The number of carbonyl (C=O) groups excluding carboxylic acids is 2. The van der Waals surface area contributed by atoms with Gasteiger partial charge in [0.1, 0.15) is 6.07 Å². The molecule has 1 N–H and O–H groups in total. The van der Waals surface area contributed by atoms with Crippen molar-refractivity contribution in [3.05, 3.63) is 57.4 Å². The van der Waals surface area contributed by atoms with Crippen molar-refractivity contribution in [2.45, 2.75) is 71.0 Å². The lowest BCUT2D eigenvalue weighted by molar-refractivity contribution is -0.138. The monoisotopic (exact) mass is 505 g/mol. The van der Waals surface area contributed by atoms with Gasteiger partial charge in [-0.25, -0.2) is 0 Å². The van der Waals surface area contributed by atoms with Gasteiger partial charge in [-0.1, -0.05) is 18.0 Å². The van der Waals surface area contributed by atoms with Gasteiger partial charge in [0.05, 0.1) is 16.8 Å². The number of aromatic nitrogens is 1. The Morgan fingerprint density at radius 3 is 2.50 bits per heavy atom. The number of pyridine rings is 1. The molecular weight excluding hydrogens is 474 g/mol. The lowest BCUT2D eigenvalue weighted by atomic mass is 9.82. The molecule has 1 aliphatic carbocycles. The van der Waals surface area contributed by atoms with Crippen LogP contribution in [0.4, 0.5) is 5.69 Å². The molecule has 0 spiro atoms. The average molecular weight is 506 g/mol. The second-order valence-corrected chi connectivity index (χ2v) is 11.0. The molecule has 2 aromatic rings. The Balaban J connectivity index is 1.27. The number of amides is 2. The molecule has 188 valence electrons. The SMILES string of the molecule is Cc1ncc(C(=O)Nc2cc(Cl)cc(CN3CC4CCC(C3)N4C(=O)CC3CCC3)c2C)cc1C#N. The van der Waals surface area contributed by atoms with Gasteiger partial charge in [-0.3, -0.25) is 19.5 Å². The molecule has 3 heterocycles. The molecule has 3 aliphatic rings. The summed E-state index contributed by atoms with van der Waals surface area (Å²) < 4.78 is 0. The van der Waals surface area contributed by atoms with Crippen LogP contribution in [0.2, 0.25) is 5.02 Å². The second-order valence-electron chi connectivity index (χ2n) is 10.5. The fraction of sp³-hybridized carbons (Fsp3) is 0.500. The number of hydrogen-bond donors (Lipinski definition) is 1. The molecule has 36 heavy (non-hydrogen) atoms. The smallest absolute Gasteiger partial charge is 0.257 e. The summed E-state index contributed by atoms with van der Waals surface area (Å²) in [4.78, 5) is 34.7. The quantitative estimate of drug-likeness (QED) is 0.606. The van der Waals surface area contributed by atoms with Crippen molar-refractivity contribution in [3.8, 4) is 6.07 Å². The van der Waals surface area contributed by atoms with Crippen molar-refractivity contribution in [3.63, 3.8) is 0 Å². The molecule has 2 unspecified atom stereocenters. The molecule has 2 saturated heterocycles. The summed E-state index contributed by atoms with van der Waals surface area (Å²) in [6, 6.07) is 7.93. The van der Waals surface area contributed by atoms with E-state index in [2.05, 4.69) is 26.2 Å². The molecule has 2 atom stereocenters. The number of benzene rings is 1. The Bertz CT molecular complexity index is 1220. The van der Waals surface area contributed by atoms with Gasteiger partial charge < -0.3 is 10.2 Å². The zero-order valence-electron chi connectivity index (χ0n) is 20.9. The normalized spacial score (nSPS) is 21.7. The largest absolute Gasteiger partial charge is 0.334 e. The Labute approximate surface area is 217 Å². The van der Waals surface area contributed by atoms with Gasteiger partial charge >= 0.3 is 0 Å². The highest BCUT2D eigenvalue weighted by atomic mass is 35.5. The van der Waals surface area contributed by atoms with Crippen molar-refractivity contribution >= 4 is 29.1 Å². The minimum Gasteiger partial charge on any atom is -0.334 e. The van der Waals surface area contributed by atoms with E-state index in [0.29, 0.717) is 51.4 Å². The number of nitrogens with zero attached hydrogens (tertiary/aromatic N) is 4. The zero-order valence-corrected chi connectivity index (χ0v) is 21.6. The number of carbonyl (C=O) groups is 2. The van der Waals surface area contributed by atoms with Crippen LogP contribution in [0.3, 0.4) is 0 Å². The molecule has 7 nitrogen and oxygen atoms in total. The molecule has 1 aromatic carbocycles. The number of fused-ring (bicyclic) bond motifs is 2. The number of halogens is 1. The maximum atomic E-state index is 13.0. The summed E-state index contributed by atoms with van der Waals surface area (Å²) in [5.74, 6) is 0.618. The molecule has 1 aromatic heterocycles. The van der Waals surface area contributed by atoms with Crippen LogP contribution in [0, 0.1) is 31.1 Å². The number of likely N-dealkylation sites (tertiary alicyclic amines) is 1. The molecule has 0 radical (unpaired) electrons. The summed E-state index contributed by atoms with van der Waals surface area (Å²) in [6.45, 7) is 6.18. The van der Waals surface area contributed by atoms with E-state index in [1.807, 2.05) is 13.0 Å². The molecule has 8 heteroatoms. The van der Waals surface area contributed by atoms with Crippen molar-refractivity contribution in [1.82, 2.24) is 14.8 Å². The molecule has 2 aliphatic heterocycles. The average Bonchev–Trinajstić information content (AvgIpc) is 3.09. The highest BCUT2D eigenvalue weighted by Crippen LogP contribution is 2.36. The number of nitriles is 1. The Morgan fingerprint density at radius 1 is 1.14 bits per heavy atom. The van der Waals surface area contributed by atoms with Crippen LogP contribution in [0.15, 0.2) is 24.4 Å². The first-order valence-electron chi connectivity index (χ1n) is 12.8. The first kappa shape index (κ1) is 24.7. The predicted molar refractivity (Wildman–Crippen MR) is 139 cm³/mol. The summed E-state index contributed by atoms with van der Waals surface area (Å²) in [6.07, 6.45) is 8.01. The molecular formula is C28H32ClN5O2. The predicted octanol–water partition coefficient (Wildman–Crippen LogP) is 4.84. The van der Waals surface area contributed by atoms with E-state index in [-0.39, 0.29) is 5.91 Å². The topological polar surface area (TPSA) is 89.3 Å². The lowest BCUT2D eigenvalue weighted by Crippen LogP contribution is -2.55. The Morgan fingerprint density at radius 2 is 1.86 bits per heavy atom. The fourth-order valence-corrected chi connectivity index (χ4v) is 6.05. The van der Waals surface area contributed by atoms with Crippen LogP contribution in [0.5, 0.6) is 0 Å². The summed E-state index contributed by atoms with van der Waals surface area (Å²) in [5.41, 5.74) is 3.98. The zero-order chi connectivity index (χ0) is 25.4. The first-order valence-corrected chi connectivity index (χ1v) is 13.2. The van der Waals surface area contributed by atoms with E-state index in [0.717, 1.165) is 50.0 Å². The van der Waals surface area contributed by atoms with Gasteiger partial charge in [0.2, 0.25) is 5.91 Å². The number of anilines is 1. The molecule has 2 amide bonds. The van der Waals surface area contributed by atoms with E-state index in [1.54, 1.807) is 19.1 Å². The maximum absolute atomic E-state index is 13.0. The van der Waals surface area contributed by atoms with Crippen LogP contribution in [-0.2, 0) is 11.3 Å². The summed E-state index contributed by atoms with van der Waals surface area (Å²) >= 11 is 6.46. The molecule has 2 bridgehead atoms. The minimum atomic E-state index is -0.327. The van der Waals surface area contributed by atoms with Crippen molar-refractivity contribution in [2.24, 2.45) is 5.92 Å². The molecule has 1 saturated carbocycles. The number of rotatable bonds is 6. The minimum absolute atomic E-state index is 0.290.